The third-order valence-electron chi connectivity index (χ3n) is 5.59. The number of nitrogens with one attached hydrogen (secondary N) is 1. The van der Waals surface area contributed by atoms with Gasteiger partial charge in [-0.2, -0.15) is 0 Å². The lowest BCUT2D eigenvalue weighted by Gasteiger charge is -2.20. The van der Waals surface area contributed by atoms with Gasteiger partial charge in [0.05, 0.1) is 22.9 Å². The number of nitrogens with zero attached hydrogens (tertiary/aromatic N) is 2. The summed E-state index contributed by atoms with van der Waals surface area (Å²) >= 11 is 1.16. The van der Waals surface area contributed by atoms with Crippen molar-refractivity contribution in [1.82, 2.24) is 9.97 Å². The first kappa shape index (κ1) is 22.4. The summed E-state index contributed by atoms with van der Waals surface area (Å²) in [5, 5.41) is 2.67. The molecule has 4 aromatic rings. The van der Waals surface area contributed by atoms with Crippen LogP contribution in [0.4, 0.5) is 5.13 Å². The molecule has 2 aromatic heterocycles. The van der Waals surface area contributed by atoms with Gasteiger partial charge in [0.25, 0.3) is 5.91 Å². The van der Waals surface area contributed by atoms with Crippen molar-refractivity contribution in [2.75, 3.05) is 12.4 Å². The van der Waals surface area contributed by atoms with Crippen molar-refractivity contribution in [2.45, 2.75) is 6.10 Å². The third kappa shape index (κ3) is 4.15. The third-order valence-corrected chi connectivity index (χ3v) is 6.53. The summed E-state index contributed by atoms with van der Waals surface area (Å²) < 4.78 is 11.4. The molecular weight excluding hydrogens is 470 g/mol. The Morgan fingerprint density at radius 2 is 1.86 bits per heavy atom. The van der Waals surface area contributed by atoms with Gasteiger partial charge in [0.1, 0.15) is 17.8 Å². The Balaban J connectivity index is 1.48. The van der Waals surface area contributed by atoms with Crippen LogP contribution in [0.2, 0.25) is 0 Å². The SMILES string of the molecule is COc1ccc2nc(NC(=O)C(=O)[C@H](C(=O)c3ccncc3)[C@H]3OC(=O)c4ccccc43)sc2c1. The zero-order valence-electron chi connectivity index (χ0n) is 18.3. The summed E-state index contributed by atoms with van der Waals surface area (Å²) in [7, 11) is 1.54. The Kier molecular flexibility index (Phi) is 5.79. The molecule has 3 heterocycles. The van der Waals surface area contributed by atoms with Crippen LogP contribution in [0.1, 0.15) is 32.4 Å². The molecule has 1 N–H and O–H groups in total. The number of esters is 1. The van der Waals surface area contributed by atoms with Crippen molar-refractivity contribution < 1.29 is 28.7 Å². The van der Waals surface area contributed by atoms with Gasteiger partial charge in [0.15, 0.2) is 10.9 Å². The number of rotatable bonds is 7. The molecule has 1 amide bonds. The van der Waals surface area contributed by atoms with Crippen LogP contribution in [0.5, 0.6) is 5.75 Å². The normalized spacial score (nSPS) is 15.2. The summed E-state index contributed by atoms with van der Waals surface area (Å²) in [4.78, 5) is 60.4. The number of ether oxygens (including phenoxy) is 2. The first-order valence-electron chi connectivity index (χ1n) is 10.5. The number of pyridine rings is 1. The molecule has 1 aliphatic heterocycles. The maximum Gasteiger partial charge on any atom is 0.339 e. The lowest BCUT2D eigenvalue weighted by molar-refractivity contribution is -0.138. The molecule has 0 unspecified atom stereocenters. The standard InChI is InChI=1S/C25H17N3O6S/c1-33-14-6-7-17-18(12-14)35-25(27-17)28-23(31)21(30)19(20(29)13-8-10-26-11-9-13)22-15-4-2-3-5-16(15)24(32)34-22/h2-12,19,22H,1H3,(H,27,28,31)/t19-,22-/m0/s1. The molecule has 0 radical (unpaired) electrons. The van der Waals surface area contributed by atoms with Crippen molar-refractivity contribution in [3.8, 4) is 5.75 Å². The lowest BCUT2D eigenvalue weighted by atomic mass is 9.85. The average Bonchev–Trinajstić information content (AvgIpc) is 3.44. The molecule has 9 nitrogen and oxygen atoms in total. The first-order valence-corrected chi connectivity index (χ1v) is 11.3. The summed E-state index contributed by atoms with van der Waals surface area (Å²) in [6.07, 6.45) is 1.56. The second kappa shape index (κ2) is 9.07. The van der Waals surface area contributed by atoms with E-state index in [0.29, 0.717) is 16.8 Å². The Morgan fingerprint density at radius 3 is 2.63 bits per heavy atom. The number of hydrogen-bond donors (Lipinski definition) is 1. The van der Waals surface area contributed by atoms with E-state index in [2.05, 4.69) is 15.3 Å². The van der Waals surface area contributed by atoms with E-state index < -0.39 is 35.5 Å². The number of anilines is 1. The van der Waals surface area contributed by atoms with Crippen molar-refractivity contribution in [3.05, 3.63) is 83.7 Å². The van der Waals surface area contributed by atoms with Gasteiger partial charge in [-0.15, -0.1) is 0 Å². The van der Waals surface area contributed by atoms with Gasteiger partial charge in [-0.05, 0) is 36.4 Å². The van der Waals surface area contributed by atoms with Crippen LogP contribution in [0.15, 0.2) is 67.0 Å². The average molecular weight is 487 g/mol. The predicted molar refractivity (Wildman–Crippen MR) is 126 cm³/mol. The molecule has 2 aromatic carbocycles. The minimum Gasteiger partial charge on any atom is -0.497 e. The molecule has 5 rings (SSSR count). The zero-order valence-corrected chi connectivity index (χ0v) is 19.1. The van der Waals surface area contributed by atoms with Gasteiger partial charge >= 0.3 is 5.97 Å². The largest absolute Gasteiger partial charge is 0.497 e. The smallest absolute Gasteiger partial charge is 0.339 e. The number of methoxy groups -OCH3 is 1. The number of cyclic esters (lactones) is 1. The molecule has 0 bridgehead atoms. The van der Waals surface area contributed by atoms with E-state index in [1.807, 2.05) is 0 Å². The lowest BCUT2D eigenvalue weighted by Crippen LogP contribution is -2.38. The molecule has 10 heteroatoms. The minimum absolute atomic E-state index is 0.165. The van der Waals surface area contributed by atoms with E-state index in [1.165, 1.54) is 31.6 Å². The van der Waals surface area contributed by atoms with E-state index in [9.17, 15) is 19.2 Å². The van der Waals surface area contributed by atoms with E-state index in [0.717, 1.165) is 16.0 Å². The first-order chi connectivity index (χ1) is 17.0. The number of fused-ring (bicyclic) bond motifs is 2. The summed E-state index contributed by atoms with van der Waals surface area (Å²) in [5.41, 5.74) is 1.40. The molecule has 0 spiro atoms. The maximum absolute atomic E-state index is 13.4. The summed E-state index contributed by atoms with van der Waals surface area (Å²) in [5.74, 6) is -4.36. The maximum atomic E-state index is 13.4. The number of aromatic nitrogens is 2. The number of benzene rings is 2. The van der Waals surface area contributed by atoms with Crippen molar-refractivity contribution >= 4 is 50.1 Å². The van der Waals surface area contributed by atoms with Crippen molar-refractivity contribution in [3.63, 3.8) is 0 Å². The highest BCUT2D eigenvalue weighted by Crippen LogP contribution is 2.38. The van der Waals surface area contributed by atoms with Crippen LogP contribution in [0.25, 0.3) is 10.2 Å². The molecule has 2 atom stereocenters. The van der Waals surface area contributed by atoms with E-state index >= 15 is 0 Å². The highest BCUT2D eigenvalue weighted by Gasteiger charge is 2.46. The molecule has 0 fully saturated rings. The van der Waals surface area contributed by atoms with Gasteiger partial charge in [-0.1, -0.05) is 29.5 Å². The number of hydrogen-bond acceptors (Lipinski definition) is 9. The molecule has 0 saturated heterocycles. The van der Waals surface area contributed by atoms with Crippen LogP contribution in [-0.2, 0) is 14.3 Å². The number of thiazole rings is 1. The Morgan fingerprint density at radius 1 is 1.09 bits per heavy atom. The second-order valence-electron chi connectivity index (χ2n) is 7.66. The Hall–Kier alpha value is -4.44. The summed E-state index contributed by atoms with van der Waals surface area (Å²) in [6, 6.07) is 14.6. The quantitative estimate of drug-likeness (QED) is 0.181. The minimum atomic E-state index is -1.58. The van der Waals surface area contributed by atoms with Gasteiger partial charge in [-0.25, -0.2) is 9.78 Å². The topological polar surface area (TPSA) is 125 Å². The van der Waals surface area contributed by atoms with Crippen LogP contribution in [0, 0.1) is 5.92 Å². The highest BCUT2D eigenvalue weighted by atomic mass is 32.1. The second-order valence-corrected chi connectivity index (χ2v) is 8.69. The van der Waals surface area contributed by atoms with Crippen LogP contribution in [0.3, 0.4) is 0 Å². The van der Waals surface area contributed by atoms with Gasteiger partial charge in [0, 0.05) is 23.5 Å². The van der Waals surface area contributed by atoms with Crippen LogP contribution < -0.4 is 10.1 Å². The molecule has 174 valence electrons. The molecule has 0 saturated carbocycles. The van der Waals surface area contributed by atoms with E-state index in [-0.39, 0.29) is 16.3 Å². The predicted octanol–water partition coefficient (Wildman–Crippen LogP) is 3.62. The highest BCUT2D eigenvalue weighted by molar-refractivity contribution is 7.22. The monoisotopic (exact) mass is 487 g/mol. The number of amides is 1. The fraction of sp³-hybridized carbons (Fsp3) is 0.120. The molecular formula is C25H17N3O6S. The zero-order chi connectivity index (χ0) is 24.5. The Labute approximate surface area is 202 Å². The van der Waals surface area contributed by atoms with Gasteiger partial charge < -0.3 is 9.47 Å². The van der Waals surface area contributed by atoms with Crippen LogP contribution >= 0.6 is 11.3 Å². The number of carbonyl (C=O) groups excluding carboxylic acids is 4. The van der Waals surface area contributed by atoms with Crippen molar-refractivity contribution in [2.24, 2.45) is 5.92 Å². The van der Waals surface area contributed by atoms with Crippen LogP contribution in [-0.4, -0.2) is 40.5 Å². The number of Topliss-reactive ketones (excluding diaryl/α,β-unsaturated/α-hetero) is 2. The van der Waals surface area contributed by atoms with E-state index in [1.54, 1.807) is 42.5 Å². The fourth-order valence-electron chi connectivity index (χ4n) is 3.90. The molecule has 1 aliphatic rings. The molecule has 0 aliphatic carbocycles. The van der Waals surface area contributed by atoms with Crippen molar-refractivity contribution in [1.29, 1.82) is 0 Å². The molecule has 35 heavy (non-hydrogen) atoms. The Bertz CT molecular complexity index is 1480. The number of carbonyl (C=O) groups is 4. The van der Waals surface area contributed by atoms with E-state index in [4.69, 9.17) is 9.47 Å². The summed E-state index contributed by atoms with van der Waals surface area (Å²) in [6.45, 7) is 0. The fourth-order valence-corrected chi connectivity index (χ4v) is 4.79. The van der Waals surface area contributed by atoms with Gasteiger partial charge in [0.2, 0.25) is 5.78 Å². The van der Waals surface area contributed by atoms with Gasteiger partial charge in [-0.3, -0.25) is 24.7 Å². The number of ketones is 2.